The summed E-state index contributed by atoms with van der Waals surface area (Å²) in [7, 11) is 0. The number of rotatable bonds is 5. The van der Waals surface area contributed by atoms with E-state index >= 15 is 0 Å². The van der Waals surface area contributed by atoms with E-state index in [1.807, 2.05) is 44.2 Å². The molecule has 2 saturated heterocycles. The molecule has 0 aliphatic carbocycles. The van der Waals surface area contributed by atoms with E-state index in [2.05, 4.69) is 11.9 Å². The number of anilines is 1. The molecule has 0 bridgehead atoms. The summed E-state index contributed by atoms with van der Waals surface area (Å²) in [5.74, 6) is -1.59. The average Bonchev–Trinajstić information content (AvgIpc) is 3.26. The fraction of sp³-hybridized carbons (Fsp3) is 0.370. The summed E-state index contributed by atoms with van der Waals surface area (Å²) in [6.07, 6.45) is 0.808. The Balaban J connectivity index is 1.72. The minimum atomic E-state index is -1.47. The molecule has 5 rings (SSSR count). The van der Waals surface area contributed by atoms with Gasteiger partial charge in [-0.05, 0) is 11.6 Å². The number of para-hydroxylation sites is 1. The van der Waals surface area contributed by atoms with Crippen molar-refractivity contribution in [1.29, 1.82) is 0 Å². The topological polar surface area (TPSA) is 105 Å². The van der Waals surface area contributed by atoms with Crippen molar-refractivity contribution in [3.8, 4) is 5.75 Å². The Morgan fingerprint density at radius 2 is 1.97 bits per heavy atom. The highest BCUT2D eigenvalue weighted by Gasteiger charge is 2.78. The number of fused-ring (bicyclic) bond motifs is 5. The van der Waals surface area contributed by atoms with Gasteiger partial charge in [0.15, 0.2) is 17.4 Å². The molecule has 2 fully saturated rings. The average molecular weight is 477 g/mol. The van der Waals surface area contributed by atoms with Gasteiger partial charge in [0.25, 0.3) is 5.91 Å². The zero-order valence-electron chi connectivity index (χ0n) is 19.9. The second-order valence-electron chi connectivity index (χ2n) is 9.92. The van der Waals surface area contributed by atoms with E-state index in [9.17, 15) is 19.5 Å². The quantitative estimate of drug-likeness (QED) is 0.388. The van der Waals surface area contributed by atoms with Gasteiger partial charge in [-0.1, -0.05) is 62.4 Å². The van der Waals surface area contributed by atoms with Gasteiger partial charge in [0, 0.05) is 30.7 Å². The second-order valence-corrected chi connectivity index (χ2v) is 9.92. The number of nitrogens with one attached hydrogen (secondary N) is 1. The maximum atomic E-state index is 14.1. The van der Waals surface area contributed by atoms with Crippen LogP contribution in [-0.2, 0) is 35.9 Å². The number of carbonyl (C=O) groups excluding carboxylic acids is 3. The van der Waals surface area contributed by atoms with Crippen molar-refractivity contribution in [1.82, 2.24) is 4.90 Å². The zero-order chi connectivity index (χ0) is 25.2. The molecule has 0 aromatic heterocycles. The first-order valence-electron chi connectivity index (χ1n) is 11.6. The minimum Gasteiger partial charge on any atom is -0.506 e. The molecule has 0 spiro atoms. The maximum absolute atomic E-state index is 14.1. The fourth-order valence-electron chi connectivity index (χ4n) is 6.04. The van der Waals surface area contributed by atoms with Crippen molar-refractivity contribution in [3.05, 3.63) is 72.3 Å². The number of amides is 1. The number of esters is 2. The van der Waals surface area contributed by atoms with Gasteiger partial charge in [0.1, 0.15) is 11.8 Å². The van der Waals surface area contributed by atoms with Crippen LogP contribution in [0.1, 0.15) is 38.3 Å². The number of cyclic esters (lactones) is 1. The highest BCUT2D eigenvalue weighted by atomic mass is 16.6. The second kappa shape index (κ2) is 7.60. The van der Waals surface area contributed by atoms with E-state index < -0.39 is 46.7 Å². The lowest BCUT2D eigenvalue weighted by Crippen LogP contribution is -2.72. The smallest absolute Gasteiger partial charge is 0.329 e. The molecule has 3 aliphatic heterocycles. The van der Waals surface area contributed by atoms with Gasteiger partial charge in [0.2, 0.25) is 0 Å². The predicted octanol–water partition coefficient (Wildman–Crippen LogP) is 3.25. The zero-order valence-corrected chi connectivity index (χ0v) is 19.9. The summed E-state index contributed by atoms with van der Waals surface area (Å²) in [5, 5.41) is 14.1. The fourth-order valence-corrected chi connectivity index (χ4v) is 6.04. The third-order valence-corrected chi connectivity index (χ3v) is 7.59. The summed E-state index contributed by atoms with van der Waals surface area (Å²) >= 11 is 0. The van der Waals surface area contributed by atoms with Gasteiger partial charge in [-0.15, -0.1) is 6.58 Å². The third kappa shape index (κ3) is 2.95. The summed E-state index contributed by atoms with van der Waals surface area (Å²) in [4.78, 5) is 41.4. The van der Waals surface area contributed by atoms with Crippen LogP contribution in [0.2, 0.25) is 0 Å². The van der Waals surface area contributed by atoms with Crippen LogP contribution in [0.5, 0.6) is 5.75 Å². The van der Waals surface area contributed by atoms with Crippen molar-refractivity contribution < 1.29 is 29.0 Å². The first-order chi connectivity index (χ1) is 16.6. The van der Waals surface area contributed by atoms with E-state index in [4.69, 9.17) is 9.47 Å². The number of phenols is 1. The molecular weight excluding hydrogens is 448 g/mol. The molecule has 0 unspecified atom stereocenters. The molecule has 0 radical (unpaired) electrons. The van der Waals surface area contributed by atoms with Crippen LogP contribution in [-0.4, -0.2) is 45.7 Å². The van der Waals surface area contributed by atoms with E-state index in [1.54, 1.807) is 18.2 Å². The lowest BCUT2D eigenvalue weighted by Gasteiger charge is -2.54. The molecule has 3 aliphatic rings. The SMILES string of the molecule is C=CC(C)(C)[C@]12Nc3c(O)cccc3[C@]1(OC(C)=O)C[C@H]1C(=O)O[C@@H](Cc3ccccc3)C(=O)N12. The van der Waals surface area contributed by atoms with Gasteiger partial charge >= 0.3 is 11.9 Å². The monoisotopic (exact) mass is 476 g/mol. The molecule has 0 saturated carbocycles. The number of carbonyl (C=O) groups is 3. The van der Waals surface area contributed by atoms with Crippen LogP contribution in [0.3, 0.4) is 0 Å². The highest BCUT2D eigenvalue weighted by molar-refractivity contribution is 5.96. The molecule has 8 nitrogen and oxygen atoms in total. The van der Waals surface area contributed by atoms with E-state index in [1.165, 1.54) is 17.9 Å². The lowest BCUT2D eigenvalue weighted by molar-refractivity contribution is -0.190. The van der Waals surface area contributed by atoms with Gasteiger partial charge in [-0.2, -0.15) is 0 Å². The Hall–Kier alpha value is -3.81. The molecular formula is C27H28N2O6. The van der Waals surface area contributed by atoms with Crippen molar-refractivity contribution in [3.63, 3.8) is 0 Å². The van der Waals surface area contributed by atoms with Crippen molar-refractivity contribution >= 4 is 23.5 Å². The van der Waals surface area contributed by atoms with E-state index in [0.717, 1.165) is 5.56 Å². The number of phenolic OH excluding ortho intramolecular Hbond substituents is 1. The van der Waals surface area contributed by atoms with Crippen LogP contribution in [0.15, 0.2) is 61.2 Å². The van der Waals surface area contributed by atoms with Gasteiger partial charge in [-0.3, -0.25) is 14.5 Å². The molecule has 2 aromatic rings. The van der Waals surface area contributed by atoms with Crippen molar-refractivity contribution in [2.75, 3.05) is 5.32 Å². The molecule has 4 atom stereocenters. The Bertz CT molecular complexity index is 1240. The molecule has 2 aromatic carbocycles. The Kier molecular flexibility index (Phi) is 4.98. The molecule has 8 heteroatoms. The van der Waals surface area contributed by atoms with Crippen LogP contribution in [0.4, 0.5) is 5.69 Å². The van der Waals surface area contributed by atoms with Crippen LogP contribution in [0, 0.1) is 5.41 Å². The Labute approximate surface area is 203 Å². The third-order valence-electron chi connectivity index (χ3n) is 7.59. The number of benzene rings is 2. The Morgan fingerprint density at radius 1 is 1.26 bits per heavy atom. The minimum absolute atomic E-state index is 0.0179. The van der Waals surface area contributed by atoms with Crippen LogP contribution >= 0.6 is 0 Å². The number of hydrogen-bond acceptors (Lipinski definition) is 7. The van der Waals surface area contributed by atoms with Crippen LogP contribution in [0.25, 0.3) is 0 Å². The maximum Gasteiger partial charge on any atom is 0.329 e. The number of nitrogens with zero attached hydrogens (tertiary/aromatic N) is 1. The number of ether oxygens (including phenoxy) is 2. The largest absolute Gasteiger partial charge is 0.506 e. The summed E-state index contributed by atoms with van der Waals surface area (Å²) < 4.78 is 11.7. The lowest BCUT2D eigenvalue weighted by atomic mass is 9.68. The van der Waals surface area contributed by atoms with Crippen molar-refractivity contribution in [2.24, 2.45) is 5.41 Å². The van der Waals surface area contributed by atoms with Gasteiger partial charge in [0.05, 0.1) is 5.69 Å². The molecule has 1 amide bonds. The molecule has 2 N–H and O–H groups in total. The predicted molar refractivity (Wildman–Crippen MR) is 127 cm³/mol. The normalized spacial score (nSPS) is 28.9. The first-order valence-corrected chi connectivity index (χ1v) is 11.6. The number of morpholine rings is 1. The number of aromatic hydroxyl groups is 1. The summed E-state index contributed by atoms with van der Waals surface area (Å²) in [6.45, 7) is 9.00. The molecule has 35 heavy (non-hydrogen) atoms. The number of hydrogen-bond donors (Lipinski definition) is 2. The van der Waals surface area contributed by atoms with E-state index in [-0.39, 0.29) is 18.6 Å². The van der Waals surface area contributed by atoms with Gasteiger partial charge in [-0.25, -0.2) is 4.79 Å². The van der Waals surface area contributed by atoms with E-state index in [0.29, 0.717) is 11.3 Å². The van der Waals surface area contributed by atoms with Crippen LogP contribution < -0.4 is 5.32 Å². The first kappa shape index (κ1) is 23.0. The molecule has 3 heterocycles. The summed E-state index contributed by atoms with van der Waals surface area (Å²) in [5.41, 5.74) is -2.13. The highest BCUT2D eigenvalue weighted by Crippen LogP contribution is 2.66. The van der Waals surface area contributed by atoms with Gasteiger partial charge < -0.3 is 19.9 Å². The Morgan fingerprint density at radius 3 is 2.63 bits per heavy atom. The van der Waals surface area contributed by atoms with Crippen molar-refractivity contribution in [2.45, 2.75) is 57.0 Å². The standard InChI is InChI=1S/C27H28N2O6/c1-5-25(3,4)27-26(35-16(2)30,18-12-9-13-20(31)22(18)28-27)15-19-24(33)34-21(23(32)29(19)27)14-17-10-7-6-8-11-17/h5-13,19,21,28,31H,1,14-15H2,2-4H3/t19-,21-,26+,27+/m0/s1. The molecule has 182 valence electrons. The summed E-state index contributed by atoms with van der Waals surface area (Å²) in [6, 6.07) is 13.2.